The Kier molecular flexibility index (Phi) is 5.22. The molecule has 0 atom stereocenters. The molecule has 0 unspecified atom stereocenters. The first-order valence-corrected chi connectivity index (χ1v) is 6.50. The number of rotatable bonds is 3. The van der Waals surface area contributed by atoms with Gasteiger partial charge < -0.3 is 10.6 Å². The lowest BCUT2D eigenvalue weighted by Gasteiger charge is -2.13. The van der Waals surface area contributed by atoms with Gasteiger partial charge in [-0.2, -0.15) is 0 Å². The van der Waals surface area contributed by atoms with Crippen molar-refractivity contribution in [2.75, 3.05) is 11.9 Å². The number of aryl methyl sites for hydroxylation is 1. The molecule has 0 aliphatic heterocycles. The fourth-order valence-corrected chi connectivity index (χ4v) is 1.74. The van der Waals surface area contributed by atoms with Gasteiger partial charge in [0, 0.05) is 11.0 Å². The molecule has 0 fully saturated rings. The zero-order valence-corrected chi connectivity index (χ0v) is 12.2. The Labute approximate surface area is 111 Å². The van der Waals surface area contributed by atoms with Gasteiger partial charge in [0.25, 0.3) is 0 Å². The summed E-state index contributed by atoms with van der Waals surface area (Å²) in [4.78, 5) is 0. The van der Waals surface area contributed by atoms with E-state index in [1.807, 2.05) is 6.07 Å². The molecule has 1 aromatic carbocycles. The molecule has 4 heteroatoms. The Hall–Kier alpha value is -0.610. The Balaban J connectivity index is 2.59. The third-order valence-corrected chi connectivity index (χ3v) is 2.98. The number of benzene rings is 1. The van der Waals surface area contributed by atoms with Gasteiger partial charge in [-0.05, 0) is 58.7 Å². The van der Waals surface area contributed by atoms with Crippen LogP contribution in [0.3, 0.4) is 0 Å². The van der Waals surface area contributed by atoms with Crippen LogP contribution in [0.2, 0.25) is 0 Å². The standard InChI is InChI=1S/C12H17BrN2S/c1-8(2)7-14-12(16)15-11-6-9(3)4-5-10(11)13/h4-6,8H,7H2,1-3H3,(H2,14,15,16). The van der Waals surface area contributed by atoms with Crippen molar-refractivity contribution in [3.05, 3.63) is 28.2 Å². The van der Waals surface area contributed by atoms with Crippen molar-refractivity contribution >= 4 is 38.9 Å². The summed E-state index contributed by atoms with van der Waals surface area (Å²) in [6, 6.07) is 6.13. The Morgan fingerprint density at radius 2 is 2.12 bits per heavy atom. The van der Waals surface area contributed by atoms with Gasteiger partial charge in [0.15, 0.2) is 5.11 Å². The Bertz CT molecular complexity index is 377. The molecule has 0 amide bonds. The van der Waals surface area contributed by atoms with Crippen molar-refractivity contribution in [3.63, 3.8) is 0 Å². The topological polar surface area (TPSA) is 24.1 Å². The van der Waals surface area contributed by atoms with E-state index in [0.29, 0.717) is 11.0 Å². The molecule has 0 spiro atoms. The van der Waals surface area contributed by atoms with E-state index in [-0.39, 0.29) is 0 Å². The second-order valence-electron chi connectivity index (χ2n) is 4.21. The van der Waals surface area contributed by atoms with Crippen LogP contribution in [0, 0.1) is 12.8 Å². The van der Waals surface area contributed by atoms with Crippen LogP contribution in [0.15, 0.2) is 22.7 Å². The SMILES string of the molecule is Cc1ccc(Br)c(NC(=S)NCC(C)C)c1. The van der Waals surface area contributed by atoms with Gasteiger partial charge in [0.2, 0.25) is 0 Å². The number of thiocarbonyl (C=S) groups is 1. The van der Waals surface area contributed by atoms with Crippen LogP contribution < -0.4 is 10.6 Å². The Morgan fingerprint density at radius 3 is 2.75 bits per heavy atom. The minimum atomic E-state index is 0.584. The van der Waals surface area contributed by atoms with Gasteiger partial charge in [-0.1, -0.05) is 19.9 Å². The largest absolute Gasteiger partial charge is 0.362 e. The highest BCUT2D eigenvalue weighted by atomic mass is 79.9. The molecule has 0 bridgehead atoms. The summed E-state index contributed by atoms with van der Waals surface area (Å²) in [7, 11) is 0. The highest BCUT2D eigenvalue weighted by Gasteiger charge is 2.02. The summed E-state index contributed by atoms with van der Waals surface area (Å²) in [5, 5.41) is 7.02. The Morgan fingerprint density at radius 1 is 1.44 bits per heavy atom. The van der Waals surface area contributed by atoms with Gasteiger partial charge in [-0.25, -0.2) is 0 Å². The first-order valence-electron chi connectivity index (χ1n) is 5.30. The second-order valence-corrected chi connectivity index (χ2v) is 5.47. The summed E-state index contributed by atoms with van der Waals surface area (Å²) in [5.74, 6) is 0.584. The molecule has 0 saturated heterocycles. The number of anilines is 1. The fourth-order valence-electron chi connectivity index (χ4n) is 1.20. The molecule has 0 heterocycles. The number of hydrogen-bond acceptors (Lipinski definition) is 1. The summed E-state index contributed by atoms with van der Waals surface area (Å²) < 4.78 is 1.02. The maximum atomic E-state index is 5.21. The van der Waals surface area contributed by atoms with E-state index in [1.165, 1.54) is 5.56 Å². The maximum Gasteiger partial charge on any atom is 0.170 e. The van der Waals surface area contributed by atoms with Crippen LogP contribution in [0.4, 0.5) is 5.69 Å². The molecular formula is C12H17BrN2S. The summed E-state index contributed by atoms with van der Waals surface area (Å²) in [6.45, 7) is 7.24. The highest BCUT2D eigenvalue weighted by molar-refractivity contribution is 9.10. The van der Waals surface area contributed by atoms with E-state index in [9.17, 15) is 0 Å². The minimum absolute atomic E-state index is 0.584. The predicted molar refractivity (Wildman–Crippen MR) is 77.9 cm³/mol. The lowest BCUT2D eigenvalue weighted by Crippen LogP contribution is -2.31. The van der Waals surface area contributed by atoms with E-state index in [1.54, 1.807) is 0 Å². The maximum absolute atomic E-state index is 5.21. The summed E-state index contributed by atoms with van der Waals surface area (Å²) in [5.41, 5.74) is 2.21. The molecule has 1 aromatic rings. The molecule has 2 nitrogen and oxygen atoms in total. The first kappa shape index (κ1) is 13.5. The van der Waals surface area contributed by atoms with Gasteiger partial charge >= 0.3 is 0 Å². The molecule has 0 aromatic heterocycles. The predicted octanol–water partition coefficient (Wildman–Crippen LogP) is 3.70. The van der Waals surface area contributed by atoms with E-state index in [0.717, 1.165) is 16.7 Å². The summed E-state index contributed by atoms with van der Waals surface area (Å²) in [6.07, 6.45) is 0. The third kappa shape index (κ3) is 4.49. The zero-order valence-electron chi connectivity index (χ0n) is 9.80. The van der Waals surface area contributed by atoms with E-state index < -0.39 is 0 Å². The van der Waals surface area contributed by atoms with Crippen LogP contribution in [0.25, 0.3) is 0 Å². The number of hydrogen-bond donors (Lipinski definition) is 2. The van der Waals surface area contributed by atoms with Crippen molar-refractivity contribution in [1.29, 1.82) is 0 Å². The molecule has 88 valence electrons. The van der Waals surface area contributed by atoms with Gasteiger partial charge in [0.05, 0.1) is 5.69 Å². The molecule has 2 N–H and O–H groups in total. The molecule has 0 aliphatic rings. The van der Waals surface area contributed by atoms with Crippen molar-refractivity contribution in [2.45, 2.75) is 20.8 Å². The van der Waals surface area contributed by atoms with Gasteiger partial charge in [-0.15, -0.1) is 0 Å². The van der Waals surface area contributed by atoms with E-state index >= 15 is 0 Å². The number of nitrogens with one attached hydrogen (secondary N) is 2. The van der Waals surface area contributed by atoms with Gasteiger partial charge in [0.1, 0.15) is 0 Å². The molecule has 0 saturated carbocycles. The van der Waals surface area contributed by atoms with Crippen LogP contribution in [0.5, 0.6) is 0 Å². The van der Waals surface area contributed by atoms with Crippen LogP contribution in [-0.2, 0) is 0 Å². The first-order chi connectivity index (χ1) is 7.49. The average Bonchev–Trinajstić information content (AvgIpc) is 2.20. The average molecular weight is 301 g/mol. The normalized spacial score (nSPS) is 10.3. The molecule has 16 heavy (non-hydrogen) atoms. The lowest BCUT2D eigenvalue weighted by molar-refractivity contribution is 0.627. The van der Waals surface area contributed by atoms with Crippen LogP contribution >= 0.6 is 28.1 Å². The second kappa shape index (κ2) is 6.21. The summed E-state index contributed by atoms with van der Waals surface area (Å²) >= 11 is 8.70. The van der Waals surface area contributed by atoms with Crippen LogP contribution in [0.1, 0.15) is 19.4 Å². The fraction of sp³-hybridized carbons (Fsp3) is 0.417. The lowest BCUT2D eigenvalue weighted by atomic mass is 10.2. The van der Waals surface area contributed by atoms with Crippen molar-refractivity contribution < 1.29 is 0 Å². The van der Waals surface area contributed by atoms with E-state index in [4.69, 9.17) is 12.2 Å². The molecule has 1 rings (SSSR count). The third-order valence-electron chi connectivity index (χ3n) is 2.04. The van der Waals surface area contributed by atoms with E-state index in [2.05, 4.69) is 59.5 Å². The molecule has 0 aliphatic carbocycles. The highest BCUT2D eigenvalue weighted by Crippen LogP contribution is 2.23. The molecule has 0 radical (unpaired) electrons. The smallest absolute Gasteiger partial charge is 0.170 e. The van der Waals surface area contributed by atoms with Crippen molar-refractivity contribution in [3.8, 4) is 0 Å². The monoisotopic (exact) mass is 300 g/mol. The van der Waals surface area contributed by atoms with Crippen molar-refractivity contribution in [1.82, 2.24) is 5.32 Å². The van der Waals surface area contributed by atoms with Crippen LogP contribution in [-0.4, -0.2) is 11.7 Å². The number of halogens is 1. The quantitative estimate of drug-likeness (QED) is 0.833. The minimum Gasteiger partial charge on any atom is -0.362 e. The van der Waals surface area contributed by atoms with Gasteiger partial charge in [-0.3, -0.25) is 0 Å². The van der Waals surface area contributed by atoms with Crippen molar-refractivity contribution in [2.24, 2.45) is 5.92 Å². The zero-order chi connectivity index (χ0) is 12.1. The molecular weight excluding hydrogens is 284 g/mol.